The van der Waals surface area contributed by atoms with Gasteiger partial charge in [0, 0.05) is 25.2 Å². The minimum atomic E-state index is -0.438. The van der Waals surface area contributed by atoms with E-state index in [0.29, 0.717) is 25.5 Å². The second-order valence-corrected chi connectivity index (χ2v) is 5.53. The Hall–Kier alpha value is -2.86. The number of carbonyl (C=O) groups excluding carboxylic acids is 1. The van der Waals surface area contributed by atoms with Crippen molar-refractivity contribution in [3.8, 4) is 5.75 Å². The van der Waals surface area contributed by atoms with Crippen LogP contribution in [-0.4, -0.2) is 43.0 Å². The van der Waals surface area contributed by atoms with Crippen molar-refractivity contribution in [2.24, 2.45) is 0 Å². The highest BCUT2D eigenvalue weighted by molar-refractivity contribution is 5.90. The van der Waals surface area contributed by atoms with Crippen molar-refractivity contribution in [1.29, 1.82) is 0 Å². The predicted octanol–water partition coefficient (Wildman–Crippen LogP) is 2.90. The molecule has 0 atom stereocenters. The third-order valence-electron chi connectivity index (χ3n) is 3.84. The molecule has 3 rings (SSSR count). The predicted molar refractivity (Wildman–Crippen MR) is 94.0 cm³/mol. The van der Waals surface area contributed by atoms with Gasteiger partial charge in [-0.25, -0.2) is 9.78 Å². The highest BCUT2D eigenvalue weighted by atomic mass is 16.5. The van der Waals surface area contributed by atoms with Gasteiger partial charge in [-0.15, -0.1) is 0 Å². The number of hydrogen-bond acceptors (Lipinski definition) is 5. The first-order chi connectivity index (χ1) is 12.2. The number of carbonyl (C=O) groups is 1. The molecule has 0 fully saturated rings. The van der Waals surface area contributed by atoms with Crippen LogP contribution in [0.15, 0.2) is 48.7 Å². The van der Waals surface area contributed by atoms with Crippen molar-refractivity contribution in [2.45, 2.75) is 6.54 Å². The van der Waals surface area contributed by atoms with Crippen molar-refractivity contribution in [1.82, 2.24) is 9.55 Å². The van der Waals surface area contributed by atoms with Crippen molar-refractivity contribution in [2.75, 3.05) is 27.4 Å². The second-order valence-electron chi connectivity index (χ2n) is 5.53. The van der Waals surface area contributed by atoms with Crippen LogP contribution in [0.5, 0.6) is 5.75 Å². The lowest BCUT2D eigenvalue weighted by Crippen LogP contribution is -2.06. The summed E-state index contributed by atoms with van der Waals surface area (Å²) in [6.07, 6.45) is 1.96. The number of methoxy groups -OCH3 is 2. The number of hydrogen-bond donors (Lipinski definition) is 0. The van der Waals surface area contributed by atoms with Crippen LogP contribution in [0.1, 0.15) is 16.1 Å². The molecule has 6 nitrogen and oxygen atoms in total. The first-order valence-electron chi connectivity index (χ1n) is 7.96. The van der Waals surface area contributed by atoms with Crippen LogP contribution in [0, 0.1) is 0 Å². The molecule has 25 heavy (non-hydrogen) atoms. The molecule has 0 bridgehead atoms. The lowest BCUT2D eigenvalue weighted by molar-refractivity contribution is 0.0594. The average Bonchev–Trinajstić information content (AvgIpc) is 3.05. The van der Waals surface area contributed by atoms with Gasteiger partial charge in [-0.3, -0.25) is 0 Å². The van der Waals surface area contributed by atoms with Gasteiger partial charge in [0.2, 0.25) is 0 Å². The number of aromatic nitrogens is 2. The SMILES string of the molecule is COCCOc1ccc(Cn2ccc3ccc(C(=O)OC)nc32)cc1. The van der Waals surface area contributed by atoms with E-state index in [0.717, 1.165) is 22.3 Å². The molecule has 2 aromatic heterocycles. The molecule has 1 aromatic carbocycles. The minimum absolute atomic E-state index is 0.303. The average molecular weight is 340 g/mol. The molecule has 6 heteroatoms. The fourth-order valence-electron chi connectivity index (χ4n) is 2.54. The van der Waals surface area contributed by atoms with E-state index in [1.165, 1.54) is 7.11 Å². The summed E-state index contributed by atoms with van der Waals surface area (Å²) < 4.78 is 17.3. The summed E-state index contributed by atoms with van der Waals surface area (Å²) in [5.41, 5.74) is 2.17. The molecule has 0 saturated carbocycles. The standard InChI is InChI=1S/C19H20N2O4/c1-23-11-12-25-16-6-3-14(4-7-16)13-21-10-9-15-5-8-17(19(22)24-2)20-18(15)21/h3-10H,11-13H2,1-2H3. The van der Waals surface area contributed by atoms with Crippen LogP contribution in [-0.2, 0) is 16.0 Å². The summed E-state index contributed by atoms with van der Waals surface area (Å²) in [7, 11) is 3.00. The Balaban J connectivity index is 1.77. The Kier molecular flexibility index (Phi) is 5.30. The number of pyridine rings is 1. The van der Waals surface area contributed by atoms with Crippen LogP contribution in [0.25, 0.3) is 11.0 Å². The van der Waals surface area contributed by atoms with Gasteiger partial charge >= 0.3 is 5.97 Å². The van der Waals surface area contributed by atoms with Gasteiger partial charge in [0.15, 0.2) is 5.69 Å². The van der Waals surface area contributed by atoms with Crippen molar-refractivity contribution >= 4 is 17.0 Å². The molecular formula is C19H20N2O4. The molecule has 0 spiro atoms. The molecular weight excluding hydrogens is 320 g/mol. The quantitative estimate of drug-likeness (QED) is 0.489. The zero-order valence-corrected chi connectivity index (χ0v) is 14.3. The van der Waals surface area contributed by atoms with E-state index >= 15 is 0 Å². The van der Waals surface area contributed by atoms with E-state index < -0.39 is 5.97 Å². The summed E-state index contributed by atoms with van der Waals surface area (Å²) in [5, 5.41) is 0.979. The molecule has 2 heterocycles. The van der Waals surface area contributed by atoms with E-state index in [4.69, 9.17) is 14.2 Å². The van der Waals surface area contributed by atoms with E-state index in [1.54, 1.807) is 13.2 Å². The van der Waals surface area contributed by atoms with Gasteiger partial charge in [0.05, 0.1) is 13.7 Å². The summed E-state index contributed by atoms with van der Waals surface area (Å²) in [5.74, 6) is 0.372. The maximum atomic E-state index is 11.7. The largest absolute Gasteiger partial charge is 0.491 e. The van der Waals surface area contributed by atoms with Gasteiger partial charge in [0.25, 0.3) is 0 Å². The Morgan fingerprint density at radius 1 is 1.04 bits per heavy atom. The smallest absolute Gasteiger partial charge is 0.356 e. The van der Waals surface area contributed by atoms with Gasteiger partial charge < -0.3 is 18.8 Å². The first kappa shape index (κ1) is 17.0. The van der Waals surface area contributed by atoms with Crippen molar-refractivity contribution < 1.29 is 19.0 Å². The Bertz CT molecular complexity index is 855. The summed E-state index contributed by atoms with van der Waals surface area (Å²) in [6.45, 7) is 1.74. The maximum absolute atomic E-state index is 11.7. The number of benzene rings is 1. The van der Waals surface area contributed by atoms with Crippen LogP contribution in [0.2, 0.25) is 0 Å². The van der Waals surface area contributed by atoms with Crippen LogP contribution < -0.4 is 4.74 Å². The number of rotatable bonds is 7. The molecule has 130 valence electrons. The van der Waals surface area contributed by atoms with E-state index in [9.17, 15) is 4.79 Å². The summed E-state index contributed by atoms with van der Waals surface area (Å²) in [4.78, 5) is 16.1. The molecule has 0 radical (unpaired) electrons. The molecule has 0 amide bonds. The molecule has 0 aliphatic heterocycles. The maximum Gasteiger partial charge on any atom is 0.356 e. The molecule has 0 aliphatic rings. The zero-order chi connectivity index (χ0) is 17.6. The van der Waals surface area contributed by atoms with Gasteiger partial charge in [-0.2, -0.15) is 0 Å². The third kappa shape index (κ3) is 3.97. The summed E-state index contributed by atoms with van der Waals surface area (Å²) >= 11 is 0. The van der Waals surface area contributed by atoms with E-state index in [-0.39, 0.29) is 0 Å². The molecule has 0 N–H and O–H groups in total. The molecule has 0 saturated heterocycles. The Labute approximate surface area is 146 Å². The highest BCUT2D eigenvalue weighted by Gasteiger charge is 2.10. The van der Waals surface area contributed by atoms with Crippen LogP contribution in [0.3, 0.4) is 0 Å². The molecule has 0 unspecified atom stereocenters. The second kappa shape index (κ2) is 7.81. The lowest BCUT2D eigenvalue weighted by Gasteiger charge is -2.08. The molecule has 3 aromatic rings. The Morgan fingerprint density at radius 2 is 1.84 bits per heavy atom. The van der Waals surface area contributed by atoms with Gasteiger partial charge in [-0.05, 0) is 35.9 Å². The fraction of sp³-hybridized carbons (Fsp3) is 0.263. The first-order valence-corrected chi connectivity index (χ1v) is 7.96. The van der Waals surface area contributed by atoms with Crippen molar-refractivity contribution in [3.63, 3.8) is 0 Å². The van der Waals surface area contributed by atoms with Gasteiger partial charge in [-0.1, -0.05) is 12.1 Å². The van der Waals surface area contributed by atoms with E-state index in [2.05, 4.69) is 4.98 Å². The minimum Gasteiger partial charge on any atom is -0.491 e. The van der Waals surface area contributed by atoms with Crippen molar-refractivity contribution in [3.05, 3.63) is 59.9 Å². The lowest BCUT2D eigenvalue weighted by atomic mass is 10.2. The number of nitrogens with zero attached hydrogens (tertiary/aromatic N) is 2. The number of esters is 1. The van der Waals surface area contributed by atoms with Crippen LogP contribution >= 0.6 is 0 Å². The van der Waals surface area contributed by atoms with E-state index in [1.807, 2.05) is 47.2 Å². The third-order valence-corrected chi connectivity index (χ3v) is 3.84. The van der Waals surface area contributed by atoms with Gasteiger partial charge in [0.1, 0.15) is 18.0 Å². The number of fused-ring (bicyclic) bond motifs is 1. The monoisotopic (exact) mass is 340 g/mol. The fourth-order valence-corrected chi connectivity index (χ4v) is 2.54. The summed E-state index contributed by atoms with van der Waals surface area (Å²) in [6, 6.07) is 13.4. The zero-order valence-electron chi connectivity index (χ0n) is 14.3. The van der Waals surface area contributed by atoms with Crippen LogP contribution in [0.4, 0.5) is 0 Å². The number of ether oxygens (including phenoxy) is 3. The molecule has 0 aliphatic carbocycles. The normalized spacial score (nSPS) is 10.8. The topological polar surface area (TPSA) is 62.6 Å². The Morgan fingerprint density at radius 3 is 2.56 bits per heavy atom. The highest BCUT2D eigenvalue weighted by Crippen LogP contribution is 2.18.